The SMILES string of the molecule is CC(C)(C)OC(=O)N1C[C@@H]2C(c3cccc(C(C)(C)C)n3)[C@@H]2C1.CC(C)(C)c1cccc(C2[C@H]3CNC[C@@H]23)n1. The number of amides is 1. The highest BCUT2D eigenvalue weighted by Gasteiger charge is 2.58. The summed E-state index contributed by atoms with van der Waals surface area (Å²) in [5, 5.41) is 3.44. The van der Waals surface area contributed by atoms with Crippen LogP contribution in [0.3, 0.4) is 0 Å². The van der Waals surface area contributed by atoms with E-state index in [0.717, 1.165) is 36.5 Å². The highest BCUT2D eigenvalue weighted by molar-refractivity contribution is 5.69. The summed E-state index contributed by atoms with van der Waals surface area (Å²) in [6.07, 6.45) is -0.181. The molecule has 2 aromatic heterocycles. The summed E-state index contributed by atoms with van der Waals surface area (Å²) in [4.78, 5) is 23.7. The molecule has 1 N–H and O–H groups in total. The second-order valence-corrected chi connectivity index (χ2v) is 15.1. The van der Waals surface area contributed by atoms with Crippen LogP contribution in [0.25, 0.3) is 0 Å². The Kier molecular flexibility index (Phi) is 7.10. The molecule has 0 spiro atoms. The van der Waals surface area contributed by atoms with Crippen molar-refractivity contribution in [1.29, 1.82) is 0 Å². The molecule has 6 heteroatoms. The lowest BCUT2D eigenvalue weighted by Crippen LogP contribution is -2.36. The van der Waals surface area contributed by atoms with Gasteiger partial charge in [0.1, 0.15) is 5.60 Å². The number of piperidine rings is 2. The molecule has 0 aromatic carbocycles. The average molecular weight is 533 g/mol. The third kappa shape index (κ3) is 6.16. The van der Waals surface area contributed by atoms with E-state index < -0.39 is 5.60 Å². The van der Waals surface area contributed by atoms with Gasteiger partial charge in [0.25, 0.3) is 0 Å². The Balaban J connectivity index is 0.000000168. The standard InChI is InChI=1S/C19H28N2O2.C14H20N2/c1-18(2,3)15-9-7-8-14(20-15)16-12-10-21(11-13(12)16)17(22)23-19(4,5)6;1-14(2,3)12-6-4-5-11(16-12)13-9-7-15-8-10(9)13/h7-9,12-13,16H,10-11H2,1-6H3;4-6,9-10,13,15H,7-8H2,1-3H3/t12-,13+,16?;9-,10+,13?. The molecule has 0 bridgehead atoms. The second-order valence-electron chi connectivity index (χ2n) is 15.1. The first-order valence-corrected chi connectivity index (χ1v) is 14.8. The number of rotatable bonds is 2. The fourth-order valence-electron chi connectivity index (χ4n) is 6.41. The van der Waals surface area contributed by atoms with Gasteiger partial charge in [-0.1, -0.05) is 53.7 Å². The molecule has 2 saturated heterocycles. The van der Waals surface area contributed by atoms with Gasteiger partial charge in [-0.3, -0.25) is 9.97 Å². The maximum atomic E-state index is 12.1. The first-order valence-electron chi connectivity index (χ1n) is 14.8. The number of carbonyl (C=O) groups is 1. The number of hydrogen-bond donors (Lipinski definition) is 1. The van der Waals surface area contributed by atoms with Crippen molar-refractivity contribution in [3.63, 3.8) is 0 Å². The summed E-state index contributed by atoms with van der Waals surface area (Å²) in [7, 11) is 0. The topological polar surface area (TPSA) is 67.3 Å². The second kappa shape index (κ2) is 9.87. The van der Waals surface area contributed by atoms with Crippen LogP contribution in [-0.4, -0.2) is 52.7 Å². The van der Waals surface area contributed by atoms with Crippen molar-refractivity contribution in [3.8, 4) is 0 Å². The van der Waals surface area contributed by atoms with E-state index >= 15 is 0 Å². The van der Waals surface area contributed by atoms with Crippen LogP contribution in [0.15, 0.2) is 36.4 Å². The molecule has 2 saturated carbocycles. The molecule has 6 rings (SSSR count). The number of carbonyl (C=O) groups excluding carboxylic acids is 1. The summed E-state index contributed by atoms with van der Waals surface area (Å²) < 4.78 is 5.47. The van der Waals surface area contributed by atoms with Crippen LogP contribution < -0.4 is 5.32 Å². The third-order valence-electron chi connectivity index (χ3n) is 8.70. The summed E-state index contributed by atoms with van der Waals surface area (Å²) in [6.45, 7) is 23.0. The Hall–Kier alpha value is -2.47. The lowest BCUT2D eigenvalue weighted by Gasteiger charge is -2.26. The van der Waals surface area contributed by atoms with Crippen LogP contribution in [0.5, 0.6) is 0 Å². The molecule has 0 radical (unpaired) electrons. The zero-order valence-electron chi connectivity index (χ0n) is 25.4. The Morgan fingerprint density at radius 2 is 1.18 bits per heavy atom. The van der Waals surface area contributed by atoms with E-state index in [9.17, 15) is 4.79 Å². The average Bonchev–Trinajstić information content (AvgIpc) is 3.55. The fourth-order valence-corrected chi connectivity index (χ4v) is 6.41. The molecule has 2 aromatic rings. The van der Waals surface area contributed by atoms with E-state index in [1.54, 1.807) is 0 Å². The van der Waals surface area contributed by atoms with Gasteiger partial charge < -0.3 is 15.0 Å². The van der Waals surface area contributed by atoms with E-state index in [-0.39, 0.29) is 16.9 Å². The predicted molar refractivity (Wildman–Crippen MR) is 156 cm³/mol. The van der Waals surface area contributed by atoms with Crippen molar-refractivity contribution in [3.05, 3.63) is 59.2 Å². The lowest BCUT2D eigenvalue weighted by atomic mass is 9.91. The Labute approximate surface area is 235 Å². The number of pyridine rings is 2. The molecule has 4 aliphatic rings. The van der Waals surface area contributed by atoms with Crippen molar-refractivity contribution in [1.82, 2.24) is 20.2 Å². The smallest absolute Gasteiger partial charge is 0.410 e. The molecule has 2 unspecified atom stereocenters. The van der Waals surface area contributed by atoms with Crippen molar-refractivity contribution in [2.45, 2.75) is 90.6 Å². The molecule has 4 heterocycles. The van der Waals surface area contributed by atoms with E-state index in [2.05, 4.69) is 83.3 Å². The van der Waals surface area contributed by atoms with Crippen molar-refractivity contribution >= 4 is 6.09 Å². The Bertz CT molecular complexity index is 1180. The molecule has 6 atom stereocenters. The number of likely N-dealkylation sites (tertiary alicyclic amines) is 1. The van der Waals surface area contributed by atoms with E-state index in [1.165, 1.54) is 30.2 Å². The summed E-state index contributed by atoms with van der Waals surface area (Å²) in [5.41, 5.74) is 4.69. The van der Waals surface area contributed by atoms with Crippen LogP contribution in [0.4, 0.5) is 4.79 Å². The van der Waals surface area contributed by atoms with Gasteiger partial charge in [-0.15, -0.1) is 0 Å². The van der Waals surface area contributed by atoms with Gasteiger partial charge in [-0.2, -0.15) is 0 Å². The molecule has 2 aliphatic carbocycles. The van der Waals surface area contributed by atoms with Gasteiger partial charge in [0.05, 0.1) is 0 Å². The molecule has 6 nitrogen and oxygen atoms in total. The largest absolute Gasteiger partial charge is 0.444 e. The Morgan fingerprint density at radius 1 is 0.744 bits per heavy atom. The van der Waals surface area contributed by atoms with Gasteiger partial charge in [0.15, 0.2) is 0 Å². The lowest BCUT2D eigenvalue weighted by molar-refractivity contribution is 0.0270. The summed E-state index contributed by atoms with van der Waals surface area (Å²) in [5.74, 6) is 4.07. The van der Waals surface area contributed by atoms with Gasteiger partial charge in [0.2, 0.25) is 0 Å². The van der Waals surface area contributed by atoms with Crippen molar-refractivity contribution in [2.75, 3.05) is 26.2 Å². The van der Waals surface area contributed by atoms with Crippen molar-refractivity contribution in [2.24, 2.45) is 23.7 Å². The number of ether oxygens (including phenoxy) is 1. The minimum atomic E-state index is -0.425. The van der Waals surface area contributed by atoms with Crippen LogP contribution >= 0.6 is 0 Å². The van der Waals surface area contributed by atoms with Gasteiger partial charge in [-0.05, 0) is 81.8 Å². The maximum absolute atomic E-state index is 12.1. The highest BCUT2D eigenvalue weighted by Crippen LogP contribution is 2.58. The minimum absolute atomic E-state index is 0.0720. The molecular formula is C33H48N4O2. The quantitative estimate of drug-likeness (QED) is 0.494. The summed E-state index contributed by atoms with van der Waals surface area (Å²) >= 11 is 0. The van der Waals surface area contributed by atoms with Crippen LogP contribution in [0, 0.1) is 23.7 Å². The Morgan fingerprint density at radius 3 is 1.59 bits per heavy atom. The predicted octanol–water partition coefficient (Wildman–Crippen LogP) is 6.27. The monoisotopic (exact) mass is 532 g/mol. The minimum Gasteiger partial charge on any atom is -0.444 e. The number of nitrogens with one attached hydrogen (secondary N) is 1. The first-order chi connectivity index (χ1) is 18.1. The van der Waals surface area contributed by atoms with Gasteiger partial charge in [0, 0.05) is 58.5 Å². The number of hydrogen-bond acceptors (Lipinski definition) is 5. The van der Waals surface area contributed by atoms with Crippen LogP contribution in [0.2, 0.25) is 0 Å². The molecule has 2 aliphatic heterocycles. The van der Waals surface area contributed by atoms with E-state index in [1.807, 2.05) is 25.7 Å². The number of nitrogens with zero attached hydrogens (tertiary/aromatic N) is 3. The van der Waals surface area contributed by atoms with Crippen molar-refractivity contribution < 1.29 is 9.53 Å². The number of fused-ring (bicyclic) bond motifs is 2. The van der Waals surface area contributed by atoms with Crippen LogP contribution in [-0.2, 0) is 15.6 Å². The number of aromatic nitrogens is 2. The zero-order chi connectivity index (χ0) is 28.3. The highest BCUT2D eigenvalue weighted by atomic mass is 16.6. The van der Waals surface area contributed by atoms with Gasteiger partial charge in [-0.25, -0.2) is 4.79 Å². The van der Waals surface area contributed by atoms with E-state index in [4.69, 9.17) is 14.7 Å². The maximum Gasteiger partial charge on any atom is 0.410 e. The normalized spacial score (nSPS) is 29.2. The third-order valence-corrected chi connectivity index (χ3v) is 8.70. The zero-order valence-corrected chi connectivity index (χ0v) is 25.4. The molecule has 39 heavy (non-hydrogen) atoms. The fraction of sp³-hybridized carbons (Fsp3) is 0.667. The molecule has 1 amide bonds. The van der Waals surface area contributed by atoms with E-state index in [0.29, 0.717) is 17.8 Å². The first kappa shape index (κ1) is 28.1. The van der Waals surface area contributed by atoms with Crippen LogP contribution in [0.1, 0.15) is 96.9 Å². The molecular weight excluding hydrogens is 484 g/mol. The van der Waals surface area contributed by atoms with Gasteiger partial charge >= 0.3 is 6.09 Å². The summed E-state index contributed by atoms with van der Waals surface area (Å²) in [6, 6.07) is 12.9. The molecule has 4 fully saturated rings. The molecule has 212 valence electrons.